The molecule has 0 aliphatic carbocycles. The lowest BCUT2D eigenvalue weighted by atomic mass is 10.1. The summed E-state index contributed by atoms with van der Waals surface area (Å²) in [6, 6.07) is 8.73. The van der Waals surface area contributed by atoms with E-state index in [0.29, 0.717) is 16.4 Å². The Labute approximate surface area is 128 Å². The molecule has 5 heteroatoms. The van der Waals surface area contributed by atoms with Crippen molar-refractivity contribution in [2.75, 3.05) is 11.9 Å². The number of aryl methyl sites for hydroxylation is 1. The number of anilines is 1. The molecule has 0 unspecified atom stereocenters. The number of carbonyl (C=O) groups is 1. The molecule has 1 aromatic carbocycles. The molecular formula is C16H14ClN3O. The maximum atomic E-state index is 12.2. The molecular weight excluding hydrogens is 286 g/mol. The average molecular weight is 300 g/mol. The van der Waals surface area contributed by atoms with Crippen molar-refractivity contribution in [3.8, 4) is 11.8 Å². The van der Waals surface area contributed by atoms with Gasteiger partial charge in [-0.2, -0.15) is 0 Å². The molecule has 0 fully saturated rings. The summed E-state index contributed by atoms with van der Waals surface area (Å²) in [7, 11) is 0. The predicted octanol–water partition coefficient (Wildman–Crippen LogP) is 2.61. The number of amides is 1. The summed E-state index contributed by atoms with van der Waals surface area (Å²) >= 11 is 5.75. The van der Waals surface area contributed by atoms with Crippen LogP contribution in [0.5, 0.6) is 0 Å². The van der Waals surface area contributed by atoms with Gasteiger partial charge in [0.25, 0.3) is 5.91 Å². The number of hydrogen-bond acceptors (Lipinski definition) is 3. The van der Waals surface area contributed by atoms with E-state index in [1.807, 2.05) is 13.0 Å². The van der Waals surface area contributed by atoms with Crippen LogP contribution in [0.15, 0.2) is 36.5 Å². The Morgan fingerprint density at radius 2 is 2.19 bits per heavy atom. The highest BCUT2D eigenvalue weighted by molar-refractivity contribution is 6.30. The lowest BCUT2D eigenvalue weighted by Crippen LogP contribution is -2.13. The van der Waals surface area contributed by atoms with E-state index in [-0.39, 0.29) is 12.5 Å². The molecule has 4 nitrogen and oxygen atoms in total. The molecule has 1 amide bonds. The van der Waals surface area contributed by atoms with E-state index < -0.39 is 0 Å². The Kier molecular flexibility index (Phi) is 4.94. The first-order valence-corrected chi connectivity index (χ1v) is 6.70. The zero-order valence-electron chi connectivity index (χ0n) is 11.5. The first-order valence-electron chi connectivity index (χ1n) is 6.32. The molecule has 0 saturated carbocycles. The number of aromatic nitrogens is 1. The van der Waals surface area contributed by atoms with Crippen LogP contribution >= 0.6 is 11.6 Å². The van der Waals surface area contributed by atoms with Gasteiger partial charge in [-0.05, 0) is 42.8 Å². The molecule has 3 N–H and O–H groups in total. The van der Waals surface area contributed by atoms with Gasteiger partial charge < -0.3 is 11.1 Å². The van der Waals surface area contributed by atoms with Crippen molar-refractivity contribution in [2.45, 2.75) is 6.92 Å². The van der Waals surface area contributed by atoms with E-state index in [4.69, 9.17) is 17.3 Å². The highest BCUT2D eigenvalue weighted by atomic mass is 35.5. The van der Waals surface area contributed by atoms with Crippen molar-refractivity contribution in [2.24, 2.45) is 5.73 Å². The number of nitrogens with one attached hydrogen (secondary N) is 1. The monoisotopic (exact) mass is 299 g/mol. The lowest BCUT2D eigenvalue weighted by molar-refractivity contribution is 0.102. The van der Waals surface area contributed by atoms with Gasteiger partial charge in [-0.15, -0.1) is 0 Å². The summed E-state index contributed by atoms with van der Waals surface area (Å²) in [5.74, 6) is 5.90. The Morgan fingerprint density at radius 3 is 2.86 bits per heavy atom. The third-order valence-corrected chi connectivity index (χ3v) is 2.87. The largest absolute Gasteiger partial charge is 0.320 e. The highest BCUT2D eigenvalue weighted by Crippen LogP contribution is 2.13. The second-order valence-electron chi connectivity index (χ2n) is 4.41. The number of pyridine rings is 1. The fraction of sp³-hybridized carbons (Fsp3) is 0.125. The summed E-state index contributed by atoms with van der Waals surface area (Å²) in [6.07, 6.45) is 1.48. The van der Waals surface area contributed by atoms with E-state index >= 15 is 0 Å². The first-order chi connectivity index (χ1) is 10.1. The van der Waals surface area contributed by atoms with Gasteiger partial charge in [-0.1, -0.05) is 23.4 Å². The Balaban J connectivity index is 2.22. The smallest absolute Gasteiger partial charge is 0.256 e. The van der Waals surface area contributed by atoms with E-state index in [2.05, 4.69) is 22.1 Å². The number of halogens is 1. The summed E-state index contributed by atoms with van der Waals surface area (Å²) in [4.78, 5) is 16.3. The lowest BCUT2D eigenvalue weighted by Gasteiger charge is -2.06. The molecule has 1 aromatic heterocycles. The summed E-state index contributed by atoms with van der Waals surface area (Å²) in [6.45, 7) is 2.19. The van der Waals surface area contributed by atoms with Crippen LogP contribution in [0.4, 0.5) is 5.82 Å². The number of nitrogens with two attached hydrogens (primary N) is 1. The van der Waals surface area contributed by atoms with Crippen LogP contribution in [0.2, 0.25) is 5.02 Å². The quantitative estimate of drug-likeness (QED) is 0.838. The Bertz CT molecular complexity index is 715. The van der Waals surface area contributed by atoms with E-state index in [1.165, 1.54) is 6.20 Å². The molecule has 0 bridgehead atoms. The first kappa shape index (κ1) is 15.0. The minimum atomic E-state index is -0.246. The standard InChI is InChI=1S/C16H14ClN3O/c1-11-7-12(3-2-6-18)9-13(8-11)16(21)20-15-5-4-14(17)10-19-15/h4-5,7-10H,6,18H2,1H3,(H,19,20,21). The van der Waals surface area contributed by atoms with Crippen LogP contribution in [0, 0.1) is 18.8 Å². The molecule has 0 saturated heterocycles. The summed E-state index contributed by atoms with van der Waals surface area (Å²) in [5, 5.41) is 3.23. The molecule has 1 heterocycles. The van der Waals surface area contributed by atoms with Gasteiger partial charge in [0.1, 0.15) is 5.82 Å². The number of benzene rings is 1. The van der Waals surface area contributed by atoms with Crippen LogP contribution in [0.25, 0.3) is 0 Å². The minimum Gasteiger partial charge on any atom is -0.320 e. The van der Waals surface area contributed by atoms with Crippen molar-refractivity contribution >= 4 is 23.3 Å². The second-order valence-corrected chi connectivity index (χ2v) is 4.85. The van der Waals surface area contributed by atoms with E-state index in [1.54, 1.807) is 24.3 Å². The maximum Gasteiger partial charge on any atom is 0.256 e. The van der Waals surface area contributed by atoms with E-state index in [9.17, 15) is 4.79 Å². The van der Waals surface area contributed by atoms with Gasteiger partial charge in [-0.3, -0.25) is 4.79 Å². The molecule has 2 rings (SSSR count). The van der Waals surface area contributed by atoms with Crippen molar-refractivity contribution < 1.29 is 4.79 Å². The predicted molar refractivity (Wildman–Crippen MR) is 84.3 cm³/mol. The molecule has 106 valence electrons. The third-order valence-electron chi connectivity index (χ3n) is 2.64. The van der Waals surface area contributed by atoms with Crippen LogP contribution in [0.3, 0.4) is 0 Å². The normalized spacial score (nSPS) is 9.67. The van der Waals surface area contributed by atoms with Crippen molar-refractivity contribution in [3.05, 3.63) is 58.2 Å². The second kappa shape index (κ2) is 6.89. The van der Waals surface area contributed by atoms with Gasteiger partial charge in [-0.25, -0.2) is 4.98 Å². The number of nitrogens with zero attached hydrogens (tertiary/aromatic N) is 1. The Hall–Kier alpha value is -2.35. The molecule has 0 radical (unpaired) electrons. The average Bonchev–Trinajstić information content (AvgIpc) is 2.47. The molecule has 0 aliphatic rings. The minimum absolute atomic E-state index is 0.246. The van der Waals surface area contributed by atoms with Gasteiger partial charge in [0.2, 0.25) is 0 Å². The van der Waals surface area contributed by atoms with Crippen molar-refractivity contribution in [1.82, 2.24) is 4.98 Å². The fourth-order valence-corrected chi connectivity index (χ4v) is 1.89. The SMILES string of the molecule is Cc1cc(C#CCN)cc(C(=O)Nc2ccc(Cl)cn2)c1. The Morgan fingerprint density at radius 1 is 1.38 bits per heavy atom. The zero-order chi connectivity index (χ0) is 15.2. The summed E-state index contributed by atoms with van der Waals surface area (Å²) in [5.41, 5.74) is 7.59. The third kappa shape index (κ3) is 4.32. The molecule has 0 atom stereocenters. The van der Waals surface area contributed by atoms with Crippen LogP contribution < -0.4 is 11.1 Å². The molecule has 21 heavy (non-hydrogen) atoms. The fourth-order valence-electron chi connectivity index (χ4n) is 1.78. The number of hydrogen-bond donors (Lipinski definition) is 2. The van der Waals surface area contributed by atoms with Crippen molar-refractivity contribution in [1.29, 1.82) is 0 Å². The number of carbonyl (C=O) groups excluding carboxylic acids is 1. The molecule has 0 spiro atoms. The summed E-state index contributed by atoms with van der Waals surface area (Å²) < 4.78 is 0. The van der Waals surface area contributed by atoms with Gasteiger partial charge in [0.15, 0.2) is 0 Å². The van der Waals surface area contributed by atoms with Gasteiger partial charge in [0.05, 0.1) is 11.6 Å². The van der Waals surface area contributed by atoms with Crippen LogP contribution in [0.1, 0.15) is 21.5 Å². The topological polar surface area (TPSA) is 68.0 Å². The van der Waals surface area contributed by atoms with Crippen molar-refractivity contribution in [3.63, 3.8) is 0 Å². The van der Waals surface area contributed by atoms with E-state index in [0.717, 1.165) is 11.1 Å². The van der Waals surface area contributed by atoms with Gasteiger partial charge in [0, 0.05) is 17.3 Å². The molecule has 0 aliphatic heterocycles. The highest BCUT2D eigenvalue weighted by Gasteiger charge is 2.08. The molecule has 2 aromatic rings. The van der Waals surface area contributed by atoms with Crippen LogP contribution in [-0.2, 0) is 0 Å². The zero-order valence-corrected chi connectivity index (χ0v) is 12.2. The van der Waals surface area contributed by atoms with Gasteiger partial charge >= 0.3 is 0 Å². The van der Waals surface area contributed by atoms with Crippen LogP contribution in [-0.4, -0.2) is 17.4 Å². The number of rotatable bonds is 2. The maximum absolute atomic E-state index is 12.2.